The van der Waals surface area contributed by atoms with Crippen LogP contribution in [-0.2, 0) is 16.8 Å². The van der Waals surface area contributed by atoms with Gasteiger partial charge in [-0.3, -0.25) is 0 Å². The second kappa shape index (κ2) is 13.1. The van der Waals surface area contributed by atoms with E-state index >= 15 is 0 Å². The van der Waals surface area contributed by atoms with Crippen molar-refractivity contribution in [3.05, 3.63) is 105 Å². The topological polar surface area (TPSA) is 107 Å². The average molecular weight is 653 g/mol. The van der Waals surface area contributed by atoms with Crippen molar-refractivity contribution in [2.24, 2.45) is 0 Å². The molecule has 6 rings (SSSR count). The molecule has 6 heterocycles. The summed E-state index contributed by atoms with van der Waals surface area (Å²) in [5.74, 6) is 0. The molecule has 12 nitrogen and oxygen atoms in total. The molecule has 0 aliphatic rings. The van der Waals surface area contributed by atoms with E-state index in [1.165, 1.54) is 0 Å². The molecule has 0 aromatic carbocycles. The van der Waals surface area contributed by atoms with Crippen LogP contribution in [0.3, 0.4) is 0 Å². The summed E-state index contributed by atoms with van der Waals surface area (Å²) < 4.78 is 12.4. The van der Waals surface area contributed by atoms with Gasteiger partial charge in [-0.25, -0.2) is 30.6 Å². The normalized spacial score (nSPS) is 11.3. The molecule has 0 N–H and O–H groups in total. The third-order valence-electron chi connectivity index (χ3n) is 8.23. The van der Waals surface area contributed by atoms with Gasteiger partial charge in [-0.05, 0) is 154 Å². The Bertz CT molecular complexity index is 1580. The predicted octanol–water partition coefficient (Wildman–Crippen LogP) is 3.57. The molecule has 0 saturated heterocycles. The minimum Gasteiger partial charge on any atom is -0.400 e. The van der Waals surface area contributed by atoms with Crippen LogP contribution in [0.25, 0.3) is 0 Å². The summed E-state index contributed by atoms with van der Waals surface area (Å²) >= 11 is 0. The molecular formula is C30H44B2CoN12. The van der Waals surface area contributed by atoms with E-state index in [0.29, 0.717) is 0 Å². The van der Waals surface area contributed by atoms with Crippen molar-refractivity contribution < 1.29 is 16.8 Å². The van der Waals surface area contributed by atoms with Gasteiger partial charge in [0.2, 0.25) is 0 Å². The number of hydrogen-bond acceptors (Lipinski definition) is 6. The molecule has 1 radical (unpaired) electrons. The first-order chi connectivity index (χ1) is 20.7. The van der Waals surface area contributed by atoms with Crippen molar-refractivity contribution in [3.8, 4) is 0 Å². The van der Waals surface area contributed by atoms with Gasteiger partial charge in [-0.1, -0.05) is 0 Å². The number of nitrogens with zero attached hydrogens (tertiary/aromatic N) is 12. The molecule has 15 heteroatoms. The second-order valence-electron chi connectivity index (χ2n) is 12.4. The summed E-state index contributed by atoms with van der Waals surface area (Å²) in [5.41, 5.74) is 12.8. The number of rotatable bonds is 6. The van der Waals surface area contributed by atoms with Crippen molar-refractivity contribution in [2.45, 2.75) is 83.1 Å². The van der Waals surface area contributed by atoms with Crippen LogP contribution >= 0.6 is 0 Å². The maximum atomic E-state index is 4.70. The van der Waals surface area contributed by atoms with Gasteiger partial charge in [0.1, 0.15) is 0 Å². The average Bonchev–Trinajstić information content (AvgIpc) is 3.74. The molecule has 0 bridgehead atoms. The maximum Gasteiger partial charge on any atom is 2.00 e. The van der Waals surface area contributed by atoms with Crippen molar-refractivity contribution >= 4 is 14.2 Å². The molecular weight excluding hydrogens is 609 g/mol. The molecule has 0 fully saturated rings. The van der Waals surface area contributed by atoms with E-state index in [-0.39, 0.29) is 16.8 Å². The molecule has 0 aliphatic carbocycles. The molecule has 0 spiro atoms. The molecule has 0 aliphatic heterocycles. The van der Waals surface area contributed by atoms with Gasteiger partial charge >= 0.3 is 31.0 Å². The Balaban J connectivity index is 0.000000200. The Labute approximate surface area is 276 Å². The second-order valence-corrected chi connectivity index (χ2v) is 12.4. The van der Waals surface area contributed by atoms with Crippen molar-refractivity contribution in [1.29, 1.82) is 0 Å². The minimum atomic E-state index is -1.26. The number of aryl methyl sites for hydroxylation is 12. The monoisotopic (exact) mass is 653 g/mol. The van der Waals surface area contributed by atoms with E-state index in [1.807, 2.05) is 41.5 Å². The third-order valence-corrected chi connectivity index (χ3v) is 8.23. The van der Waals surface area contributed by atoms with E-state index < -0.39 is 14.2 Å². The first-order valence-electron chi connectivity index (χ1n) is 15.2. The van der Waals surface area contributed by atoms with Crippen LogP contribution in [-0.4, -0.2) is 72.4 Å². The zero-order chi connectivity index (χ0) is 32.0. The van der Waals surface area contributed by atoms with Gasteiger partial charge in [0.05, 0.1) is 34.2 Å². The van der Waals surface area contributed by atoms with Gasteiger partial charge in [-0.15, -0.1) is 0 Å². The van der Waals surface area contributed by atoms with Crippen LogP contribution in [0, 0.1) is 83.1 Å². The molecule has 6 aromatic rings. The Kier molecular flexibility index (Phi) is 9.83. The summed E-state index contributed by atoms with van der Waals surface area (Å²) in [5, 5.41) is 28.2. The molecule has 45 heavy (non-hydrogen) atoms. The Morgan fingerprint density at radius 2 is 0.444 bits per heavy atom. The fourth-order valence-electron chi connectivity index (χ4n) is 6.53. The van der Waals surface area contributed by atoms with Crippen molar-refractivity contribution in [3.63, 3.8) is 0 Å². The first-order valence-corrected chi connectivity index (χ1v) is 15.2. The van der Waals surface area contributed by atoms with Crippen LogP contribution in [0.1, 0.15) is 68.3 Å². The summed E-state index contributed by atoms with van der Waals surface area (Å²) in [4.78, 5) is 0. The molecule has 239 valence electrons. The quantitative estimate of drug-likeness (QED) is 0.255. The van der Waals surface area contributed by atoms with E-state index in [2.05, 4.69) is 105 Å². The molecule has 6 aromatic heterocycles. The zero-order valence-electron chi connectivity index (χ0n) is 28.6. The Morgan fingerprint density at radius 3 is 0.533 bits per heavy atom. The fraction of sp³-hybridized carbons (Fsp3) is 0.400. The zero-order valence-corrected chi connectivity index (χ0v) is 29.6. The minimum absolute atomic E-state index is 0. The van der Waals surface area contributed by atoms with Crippen LogP contribution in [0.2, 0.25) is 0 Å². The van der Waals surface area contributed by atoms with Crippen molar-refractivity contribution in [2.75, 3.05) is 0 Å². The number of hydrogen-bond donors (Lipinski definition) is 0. The molecule has 0 unspecified atom stereocenters. The summed E-state index contributed by atoms with van der Waals surface area (Å²) in [6, 6.07) is 12.6. The van der Waals surface area contributed by atoms with Crippen LogP contribution < -0.4 is 0 Å². The smallest absolute Gasteiger partial charge is 0.400 e. The van der Waals surface area contributed by atoms with Gasteiger partial charge in [-0.2, -0.15) is 0 Å². The van der Waals surface area contributed by atoms with Gasteiger partial charge in [0, 0.05) is 0 Å². The van der Waals surface area contributed by atoms with E-state index in [9.17, 15) is 0 Å². The van der Waals surface area contributed by atoms with Gasteiger partial charge in [0.15, 0.2) is 0 Å². The number of aromatic nitrogens is 12. The largest absolute Gasteiger partial charge is 2.00 e. The third kappa shape index (κ3) is 6.78. The standard InChI is InChI=1S/2C15H22BN6.Co/c2*1-10-7-13(4)20(17-10)16(21-14(5)8-11(2)18-21)22-15(6)9-12(3)19-22;/h2*7-9,16H,1-6H3;/q2*-1;+2. The van der Waals surface area contributed by atoms with Gasteiger partial charge in [0.25, 0.3) is 0 Å². The molecule has 0 saturated carbocycles. The summed E-state index contributed by atoms with van der Waals surface area (Å²) in [6.07, 6.45) is 0. The Morgan fingerprint density at radius 1 is 0.311 bits per heavy atom. The Hall–Kier alpha value is -4.10. The summed E-state index contributed by atoms with van der Waals surface area (Å²) in [6.45, 7) is 24.6. The first kappa shape index (κ1) is 33.8. The van der Waals surface area contributed by atoms with Crippen molar-refractivity contribution in [1.82, 2.24) is 58.1 Å². The van der Waals surface area contributed by atoms with E-state index in [4.69, 9.17) is 30.6 Å². The van der Waals surface area contributed by atoms with E-state index in [0.717, 1.165) is 68.3 Å². The maximum absolute atomic E-state index is 4.70. The molecule has 0 atom stereocenters. The molecule has 0 amide bonds. The van der Waals surface area contributed by atoms with Crippen LogP contribution in [0.5, 0.6) is 0 Å². The van der Waals surface area contributed by atoms with Crippen LogP contribution in [0.4, 0.5) is 0 Å². The van der Waals surface area contributed by atoms with E-state index in [1.54, 1.807) is 0 Å². The fourth-order valence-corrected chi connectivity index (χ4v) is 6.53. The predicted molar refractivity (Wildman–Crippen MR) is 177 cm³/mol. The van der Waals surface area contributed by atoms with Gasteiger partial charge < -0.3 is 27.6 Å². The summed E-state index contributed by atoms with van der Waals surface area (Å²) in [7, 11) is -2.52. The SMILES string of the molecule is Cc1cc(C)n([BH-](n2nc(C)cc2C)n2nc(C)cc2C)n1.Cc1cc(C)n([BH-](n2nc(C)cc2C)n2nc(C)cc2C)n1.[Co+2]. The van der Waals surface area contributed by atoms with Crippen LogP contribution in [0.15, 0.2) is 36.4 Å².